The van der Waals surface area contributed by atoms with Crippen LogP contribution in [0.4, 0.5) is 0 Å². The van der Waals surface area contributed by atoms with Crippen molar-refractivity contribution in [3.8, 4) is 0 Å². The monoisotopic (exact) mass is 324 g/mol. The van der Waals surface area contributed by atoms with Crippen molar-refractivity contribution in [3.63, 3.8) is 0 Å². The number of carbonyl (C=O) groups is 1. The molecule has 24 heavy (non-hydrogen) atoms. The zero-order valence-electron chi connectivity index (χ0n) is 15.9. The Hall–Kier alpha value is -1.93. The largest absolute Gasteiger partial charge is 0.324 e. The minimum atomic E-state index is 0.274. The summed E-state index contributed by atoms with van der Waals surface area (Å²) in [6.45, 7) is 9.92. The van der Waals surface area contributed by atoms with Crippen molar-refractivity contribution in [2.24, 2.45) is 0 Å². The summed E-state index contributed by atoms with van der Waals surface area (Å²) < 4.78 is 0.816. The van der Waals surface area contributed by atoms with E-state index in [4.69, 9.17) is 0 Å². The number of aryl methyl sites for hydroxylation is 1. The van der Waals surface area contributed by atoms with Crippen LogP contribution in [0.25, 0.3) is 10.8 Å². The van der Waals surface area contributed by atoms with Gasteiger partial charge in [0, 0.05) is 5.56 Å². The summed E-state index contributed by atoms with van der Waals surface area (Å²) in [5.41, 5.74) is 4.75. The SMILES string of the molecule is CC(C)=C(C)C(=O)CC[N+](C)(C)Cc1c(C)ccc2ccccc12. The van der Waals surface area contributed by atoms with E-state index in [0.29, 0.717) is 6.42 Å². The summed E-state index contributed by atoms with van der Waals surface area (Å²) in [5.74, 6) is 0.274. The maximum Gasteiger partial charge on any atom is 0.164 e. The second kappa shape index (κ2) is 7.31. The summed E-state index contributed by atoms with van der Waals surface area (Å²) in [5, 5.41) is 2.62. The number of hydrogen-bond donors (Lipinski definition) is 0. The topological polar surface area (TPSA) is 17.1 Å². The van der Waals surface area contributed by atoms with Gasteiger partial charge in [-0.1, -0.05) is 42.0 Å². The van der Waals surface area contributed by atoms with Crippen LogP contribution in [0.5, 0.6) is 0 Å². The van der Waals surface area contributed by atoms with Gasteiger partial charge in [0.05, 0.1) is 27.1 Å². The van der Waals surface area contributed by atoms with E-state index in [1.807, 2.05) is 20.8 Å². The summed E-state index contributed by atoms with van der Waals surface area (Å²) in [7, 11) is 4.43. The first-order chi connectivity index (χ1) is 11.2. The van der Waals surface area contributed by atoms with Gasteiger partial charge in [-0.15, -0.1) is 0 Å². The van der Waals surface area contributed by atoms with Crippen molar-refractivity contribution in [2.75, 3.05) is 20.6 Å². The fraction of sp³-hybridized carbons (Fsp3) is 0.409. The maximum atomic E-state index is 12.3. The van der Waals surface area contributed by atoms with E-state index in [-0.39, 0.29) is 5.78 Å². The van der Waals surface area contributed by atoms with E-state index in [9.17, 15) is 4.79 Å². The Morgan fingerprint density at radius 1 is 1.00 bits per heavy atom. The van der Waals surface area contributed by atoms with Crippen LogP contribution in [0.1, 0.15) is 38.3 Å². The highest BCUT2D eigenvalue weighted by molar-refractivity contribution is 5.95. The summed E-state index contributed by atoms with van der Waals surface area (Å²) >= 11 is 0. The summed E-state index contributed by atoms with van der Waals surface area (Å²) in [6.07, 6.45) is 0.605. The van der Waals surface area contributed by atoms with Crippen LogP contribution in [-0.4, -0.2) is 30.9 Å². The van der Waals surface area contributed by atoms with Crippen molar-refractivity contribution in [1.82, 2.24) is 0 Å². The van der Waals surface area contributed by atoms with Gasteiger partial charge in [-0.25, -0.2) is 0 Å². The molecule has 0 spiro atoms. The van der Waals surface area contributed by atoms with Gasteiger partial charge in [-0.3, -0.25) is 4.79 Å². The quantitative estimate of drug-likeness (QED) is 0.537. The molecule has 0 amide bonds. The van der Waals surface area contributed by atoms with Crippen LogP contribution < -0.4 is 0 Å². The molecule has 0 unspecified atom stereocenters. The molecule has 0 fully saturated rings. The number of Topliss-reactive ketones (excluding diaryl/α,β-unsaturated/α-hetero) is 1. The molecule has 0 aliphatic carbocycles. The number of quaternary nitrogens is 1. The average Bonchev–Trinajstić information content (AvgIpc) is 2.54. The average molecular weight is 324 g/mol. The zero-order chi connectivity index (χ0) is 17.9. The molecule has 2 heteroatoms. The number of hydrogen-bond acceptors (Lipinski definition) is 1. The van der Waals surface area contributed by atoms with Crippen LogP contribution in [0, 0.1) is 6.92 Å². The lowest BCUT2D eigenvalue weighted by Crippen LogP contribution is -2.40. The molecule has 2 aromatic rings. The molecule has 0 saturated heterocycles. The predicted molar refractivity (Wildman–Crippen MR) is 103 cm³/mol. The number of allylic oxidation sites excluding steroid dienone is 2. The molecule has 2 aromatic carbocycles. The van der Waals surface area contributed by atoms with Crippen molar-refractivity contribution in [1.29, 1.82) is 0 Å². The summed E-state index contributed by atoms with van der Waals surface area (Å²) in [6, 6.07) is 13.0. The second-order valence-electron chi connectivity index (χ2n) is 7.70. The molecule has 0 saturated carbocycles. The first-order valence-electron chi connectivity index (χ1n) is 8.68. The lowest BCUT2D eigenvalue weighted by Gasteiger charge is -2.31. The standard InChI is InChI=1S/C22H30NO/c1-16(2)18(4)22(24)13-14-23(5,6)15-21-17(3)11-12-19-9-7-8-10-20(19)21/h7-12H,13-15H2,1-6H3/q+1. The Morgan fingerprint density at radius 2 is 1.67 bits per heavy atom. The molecule has 0 aliphatic heterocycles. The number of benzene rings is 2. The first kappa shape index (κ1) is 18.4. The van der Waals surface area contributed by atoms with Crippen LogP contribution in [0.15, 0.2) is 47.5 Å². The van der Waals surface area contributed by atoms with Gasteiger partial charge in [0.1, 0.15) is 6.54 Å². The predicted octanol–water partition coefficient (Wildman–Crippen LogP) is 5.04. The Morgan fingerprint density at radius 3 is 2.33 bits per heavy atom. The van der Waals surface area contributed by atoms with Gasteiger partial charge in [0.2, 0.25) is 0 Å². The van der Waals surface area contributed by atoms with Gasteiger partial charge < -0.3 is 4.48 Å². The van der Waals surface area contributed by atoms with Crippen molar-refractivity contribution in [3.05, 3.63) is 58.7 Å². The summed E-state index contributed by atoms with van der Waals surface area (Å²) in [4.78, 5) is 12.3. The number of nitrogens with zero attached hydrogens (tertiary/aromatic N) is 1. The smallest absolute Gasteiger partial charge is 0.164 e. The molecular weight excluding hydrogens is 294 g/mol. The fourth-order valence-electron chi connectivity index (χ4n) is 3.03. The Balaban J connectivity index is 2.19. The van der Waals surface area contributed by atoms with Gasteiger partial charge in [-0.2, -0.15) is 0 Å². The third-order valence-electron chi connectivity index (χ3n) is 4.97. The maximum absolute atomic E-state index is 12.3. The Labute approximate surface area is 146 Å². The van der Waals surface area contributed by atoms with Crippen molar-refractivity contribution < 1.29 is 9.28 Å². The zero-order valence-corrected chi connectivity index (χ0v) is 15.9. The molecule has 0 N–H and O–H groups in total. The fourth-order valence-corrected chi connectivity index (χ4v) is 3.03. The van der Waals surface area contributed by atoms with Gasteiger partial charge in [0.15, 0.2) is 5.78 Å². The van der Waals surface area contributed by atoms with Crippen LogP contribution in [-0.2, 0) is 11.3 Å². The van der Waals surface area contributed by atoms with Gasteiger partial charge >= 0.3 is 0 Å². The minimum Gasteiger partial charge on any atom is -0.324 e. The molecule has 2 nitrogen and oxygen atoms in total. The third-order valence-corrected chi connectivity index (χ3v) is 4.97. The Kier molecular flexibility index (Phi) is 5.61. The molecule has 0 bridgehead atoms. The molecule has 2 rings (SSSR count). The van der Waals surface area contributed by atoms with E-state index in [1.54, 1.807) is 0 Å². The van der Waals surface area contributed by atoms with Crippen molar-refractivity contribution in [2.45, 2.75) is 40.7 Å². The highest BCUT2D eigenvalue weighted by Crippen LogP contribution is 2.25. The van der Waals surface area contributed by atoms with Crippen LogP contribution in [0.2, 0.25) is 0 Å². The normalized spacial score (nSPS) is 11.6. The molecule has 0 aromatic heterocycles. The highest BCUT2D eigenvalue weighted by atomic mass is 16.1. The number of rotatable bonds is 6. The molecular formula is C22H30NO+. The van der Waals surface area contributed by atoms with Gasteiger partial charge in [-0.05, 0) is 49.6 Å². The van der Waals surface area contributed by atoms with E-state index in [0.717, 1.165) is 28.7 Å². The number of ketones is 1. The van der Waals surface area contributed by atoms with E-state index in [1.165, 1.54) is 21.9 Å². The van der Waals surface area contributed by atoms with E-state index >= 15 is 0 Å². The highest BCUT2D eigenvalue weighted by Gasteiger charge is 2.21. The molecule has 128 valence electrons. The van der Waals surface area contributed by atoms with E-state index in [2.05, 4.69) is 57.4 Å². The number of fused-ring (bicyclic) bond motifs is 1. The first-order valence-corrected chi connectivity index (χ1v) is 8.68. The van der Waals surface area contributed by atoms with E-state index < -0.39 is 0 Å². The van der Waals surface area contributed by atoms with Crippen LogP contribution in [0.3, 0.4) is 0 Å². The third kappa shape index (κ3) is 4.33. The molecule has 0 atom stereocenters. The number of carbonyl (C=O) groups excluding carboxylic acids is 1. The van der Waals surface area contributed by atoms with Gasteiger partial charge in [0.25, 0.3) is 0 Å². The van der Waals surface area contributed by atoms with Crippen molar-refractivity contribution >= 4 is 16.6 Å². The Bertz CT molecular complexity index is 780. The second-order valence-corrected chi connectivity index (χ2v) is 7.70. The lowest BCUT2D eigenvalue weighted by atomic mass is 9.98. The molecule has 0 heterocycles. The van der Waals surface area contributed by atoms with Crippen LogP contribution >= 0.6 is 0 Å². The minimum absolute atomic E-state index is 0.274. The molecule has 0 radical (unpaired) electrons. The molecule has 0 aliphatic rings. The lowest BCUT2D eigenvalue weighted by molar-refractivity contribution is -0.902.